The van der Waals surface area contributed by atoms with Gasteiger partial charge in [0, 0.05) is 0 Å². The summed E-state index contributed by atoms with van der Waals surface area (Å²) in [5.41, 5.74) is 0.968. The van der Waals surface area contributed by atoms with Crippen LogP contribution in [0.3, 0.4) is 0 Å². The molecule has 0 aromatic heterocycles. The van der Waals surface area contributed by atoms with Crippen molar-refractivity contribution < 1.29 is 5.11 Å². The first-order valence-electron chi connectivity index (χ1n) is 6.18. The number of hydrogen-bond acceptors (Lipinski definition) is 1. The van der Waals surface area contributed by atoms with Gasteiger partial charge in [0.25, 0.3) is 0 Å². The number of rotatable bonds is 1. The molecular formula is C16H18O. The third-order valence-corrected chi connectivity index (χ3v) is 3.09. The van der Waals surface area contributed by atoms with Crippen LogP contribution in [0.15, 0.2) is 42.0 Å². The lowest BCUT2D eigenvalue weighted by Crippen LogP contribution is -2.18. The van der Waals surface area contributed by atoms with Crippen molar-refractivity contribution in [2.24, 2.45) is 0 Å². The van der Waals surface area contributed by atoms with Gasteiger partial charge in [-0.25, -0.2) is 0 Å². The summed E-state index contributed by atoms with van der Waals surface area (Å²) < 4.78 is 0. The molecular weight excluding hydrogens is 208 g/mol. The number of benzene rings is 1. The Bertz CT molecular complexity index is 457. The Morgan fingerprint density at radius 2 is 1.94 bits per heavy atom. The van der Waals surface area contributed by atoms with Gasteiger partial charge in [0.05, 0.1) is 0 Å². The molecule has 1 N–H and O–H groups in total. The van der Waals surface area contributed by atoms with Crippen LogP contribution in [0.4, 0.5) is 0 Å². The third kappa shape index (κ3) is 3.22. The second kappa shape index (κ2) is 5.21. The molecule has 0 saturated carbocycles. The summed E-state index contributed by atoms with van der Waals surface area (Å²) in [5.74, 6) is 6.10. The summed E-state index contributed by atoms with van der Waals surface area (Å²) >= 11 is 0. The Labute approximate surface area is 103 Å². The van der Waals surface area contributed by atoms with E-state index in [-0.39, 0.29) is 0 Å². The molecule has 0 aliphatic heterocycles. The van der Waals surface area contributed by atoms with Crippen molar-refractivity contribution in [2.45, 2.75) is 38.2 Å². The highest BCUT2D eigenvalue weighted by atomic mass is 16.3. The van der Waals surface area contributed by atoms with Gasteiger partial charge in [-0.15, -0.1) is 0 Å². The first-order chi connectivity index (χ1) is 8.18. The SMILES string of the molecule is CC(O)(C#CC1=CCCCC1)c1ccccc1. The van der Waals surface area contributed by atoms with Gasteiger partial charge in [0.2, 0.25) is 0 Å². The molecule has 1 nitrogen and oxygen atoms in total. The van der Waals surface area contributed by atoms with Gasteiger partial charge >= 0.3 is 0 Å². The Balaban J connectivity index is 2.17. The van der Waals surface area contributed by atoms with Gasteiger partial charge < -0.3 is 5.11 Å². The summed E-state index contributed by atoms with van der Waals surface area (Å²) in [6.07, 6.45) is 6.85. The molecule has 0 spiro atoms. The van der Waals surface area contributed by atoms with E-state index in [0.29, 0.717) is 0 Å². The van der Waals surface area contributed by atoms with E-state index in [1.54, 1.807) is 6.92 Å². The largest absolute Gasteiger partial charge is 0.374 e. The summed E-state index contributed by atoms with van der Waals surface area (Å²) in [5, 5.41) is 10.3. The normalized spacial score (nSPS) is 18.6. The van der Waals surface area contributed by atoms with Crippen LogP contribution in [-0.2, 0) is 5.60 Å². The minimum atomic E-state index is -1.06. The summed E-state index contributed by atoms with van der Waals surface area (Å²) in [7, 11) is 0. The Morgan fingerprint density at radius 3 is 2.59 bits per heavy atom. The fraction of sp³-hybridized carbons (Fsp3) is 0.375. The Morgan fingerprint density at radius 1 is 1.18 bits per heavy atom. The van der Waals surface area contributed by atoms with Crippen molar-refractivity contribution in [1.82, 2.24) is 0 Å². The van der Waals surface area contributed by atoms with Crippen molar-refractivity contribution in [3.05, 3.63) is 47.5 Å². The molecule has 1 atom stereocenters. The quantitative estimate of drug-likeness (QED) is 0.728. The van der Waals surface area contributed by atoms with Crippen LogP contribution in [0.1, 0.15) is 38.2 Å². The fourth-order valence-corrected chi connectivity index (χ4v) is 1.99. The highest BCUT2D eigenvalue weighted by molar-refractivity contribution is 5.37. The molecule has 1 unspecified atom stereocenters. The molecule has 0 radical (unpaired) electrons. The van der Waals surface area contributed by atoms with E-state index >= 15 is 0 Å². The van der Waals surface area contributed by atoms with Crippen molar-refractivity contribution in [1.29, 1.82) is 0 Å². The Hall–Kier alpha value is -1.52. The summed E-state index contributed by atoms with van der Waals surface area (Å²) in [6, 6.07) is 9.60. The second-order valence-corrected chi connectivity index (χ2v) is 4.66. The number of hydrogen-bond donors (Lipinski definition) is 1. The predicted octanol–water partition coefficient (Wildman–Crippen LogP) is 3.40. The molecule has 0 saturated heterocycles. The molecule has 1 aliphatic rings. The van der Waals surface area contributed by atoms with Crippen molar-refractivity contribution in [3.63, 3.8) is 0 Å². The van der Waals surface area contributed by atoms with E-state index < -0.39 is 5.60 Å². The lowest BCUT2D eigenvalue weighted by molar-refractivity contribution is 0.122. The molecule has 0 fully saturated rings. The third-order valence-electron chi connectivity index (χ3n) is 3.09. The molecule has 0 heterocycles. The number of aliphatic hydroxyl groups is 1. The van der Waals surface area contributed by atoms with Gasteiger partial charge in [0.15, 0.2) is 0 Å². The molecule has 0 bridgehead atoms. The fourth-order valence-electron chi connectivity index (χ4n) is 1.99. The van der Waals surface area contributed by atoms with E-state index in [0.717, 1.165) is 18.4 Å². The van der Waals surface area contributed by atoms with Crippen LogP contribution in [0, 0.1) is 11.8 Å². The zero-order valence-electron chi connectivity index (χ0n) is 10.2. The van der Waals surface area contributed by atoms with Crippen LogP contribution < -0.4 is 0 Å². The second-order valence-electron chi connectivity index (χ2n) is 4.66. The lowest BCUT2D eigenvalue weighted by atomic mass is 9.94. The molecule has 1 aromatic carbocycles. The van der Waals surface area contributed by atoms with E-state index in [4.69, 9.17) is 0 Å². The smallest absolute Gasteiger partial charge is 0.148 e. The van der Waals surface area contributed by atoms with Crippen LogP contribution in [0.25, 0.3) is 0 Å². The Kier molecular flexibility index (Phi) is 3.66. The van der Waals surface area contributed by atoms with Crippen molar-refractivity contribution >= 4 is 0 Å². The zero-order chi connectivity index (χ0) is 12.1. The van der Waals surface area contributed by atoms with Gasteiger partial charge in [-0.05, 0) is 43.7 Å². The van der Waals surface area contributed by atoms with Crippen LogP contribution in [0.5, 0.6) is 0 Å². The minimum absolute atomic E-state index is 0.851. The molecule has 0 amide bonds. The van der Waals surface area contributed by atoms with Gasteiger partial charge in [-0.1, -0.05) is 48.2 Å². The molecule has 17 heavy (non-hydrogen) atoms. The predicted molar refractivity (Wildman–Crippen MR) is 70.3 cm³/mol. The maximum Gasteiger partial charge on any atom is 0.148 e. The van der Waals surface area contributed by atoms with Gasteiger partial charge in [-0.3, -0.25) is 0 Å². The van der Waals surface area contributed by atoms with E-state index in [1.807, 2.05) is 30.3 Å². The van der Waals surface area contributed by atoms with Gasteiger partial charge in [0.1, 0.15) is 5.60 Å². The maximum absolute atomic E-state index is 10.3. The minimum Gasteiger partial charge on any atom is -0.374 e. The maximum atomic E-state index is 10.3. The average Bonchev–Trinajstić information content (AvgIpc) is 2.39. The topological polar surface area (TPSA) is 20.2 Å². The first kappa shape index (κ1) is 12.0. The summed E-state index contributed by atoms with van der Waals surface area (Å²) in [4.78, 5) is 0. The molecule has 1 heteroatoms. The highest BCUT2D eigenvalue weighted by Crippen LogP contribution is 2.21. The molecule has 2 rings (SSSR count). The molecule has 88 valence electrons. The highest BCUT2D eigenvalue weighted by Gasteiger charge is 2.19. The summed E-state index contributed by atoms with van der Waals surface area (Å²) in [6.45, 7) is 1.75. The van der Waals surface area contributed by atoms with E-state index in [9.17, 15) is 5.11 Å². The number of allylic oxidation sites excluding steroid dienone is 2. The van der Waals surface area contributed by atoms with E-state index in [2.05, 4.69) is 17.9 Å². The van der Waals surface area contributed by atoms with Crippen molar-refractivity contribution in [3.8, 4) is 11.8 Å². The molecule has 1 aliphatic carbocycles. The van der Waals surface area contributed by atoms with Crippen LogP contribution >= 0.6 is 0 Å². The molecule has 1 aromatic rings. The van der Waals surface area contributed by atoms with Crippen molar-refractivity contribution in [2.75, 3.05) is 0 Å². The van der Waals surface area contributed by atoms with Crippen LogP contribution in [0.2, 0.25) is 0 Å². The zero-order valence-corrected chi connectivity index (χ0v) is 10.2. The lowest BCUT2D eigenvalue weighted by Gasteiger charge is -2.17. The monoisotopic (exact) mass is 226 g/mol. The standard InChI is InChI=1S/C16H18O/c1-16(17,15-10-6-3-7-11-15)13-12-14-8-4-2-5-9-14/h3,6-8,10-11,17H,2,4-5,9H2,1H3. The van der Waals surface area contributed by atoms with Crippen LogP contribution in [-0.4, -0.2) is 5.11 Å². The first-order valence-corrected chi connectivity index (χ1v) is 6.18. The van der Waals surface area contributed by atoms with E-state index in [1.165, 1.54) is 18.4 Å². The average molecular weight is 226 g/mol. The van der Waals surface area contributed by atoms with Gasteiger partial charge in [-0.2, -0.15) is 0 Å².